The number of amides is 2. The van der Waals surface area contributed by atoms with Crippen molar-refractivity contribution in [1.29, 1.82) is 0 Å². The van der Waals surface area contributed by atoms with Gasteiger partial charge < -0.3 is 20.1 Å². The average molecular weight is 418 g/mol. The molecule has 2 aliphatic heterocycles. The van der Waals surface area contributed by atoms with Gasteiger partial charge in [-0.3, -0.25) is 9.44 Å². The quantitative estimate of drug-likeness (QED) is 0.578. The number of halogens is 1. The monoisotopic (exact) mass is 417 g/mol. The van der Waals surface area contributed by atoms with Gasteiger partial charge in [0.15, 0.2) is 5.70 Å². The standard InChI is InChI=1S/C21H24ClN3O4/c1-14(2)11-24(15(3)26)18-10-19(27)20-21(28)25(29,8-7-23(20)12-18)13-16-5-4-6-17(22)9-16/h4-9,12,14,27H,10-11,13H2,1-3H3. The van der Waals surface area contributed by atoms with Crippen LogP contribution in [-0.2, 0) is 16.1 Å². The highest BCUT2D eigenvalue weighted by atomic mass is 35.5. The summed E-state index contributed by atoms with van der Waals surface area (Å²) in [5, 5.41) is 24.3. The highest BCUT2D eigenvalue weighted by molar-refractivity contribution is 6.30. The summed E-state index contributed by atoms with van der Waals surface area (Å²) in [4.78, 5) is 28.0. The van der Waals surface area contributed by atoms with Crippen LogP contribution in [0.15, 0.2) is 60.0 Å². The molecule has 0 saturated heterocycles. The fraction of sp³-hybridized carbons (Fsp3) is 0.333. The maximum atomic E-state index is 13.2. The van der Waals surface area contributed by atoms with Crippen LogP contribution in [0.5, 0.6) is 0 Å². The summed E-state index contributed by atoms with van der Waals surface area (Å²) >= 11 is 5.98. The third-order valence-electron chi connectivity index (χ3n) is 4.76. The van der Waals surface area contributed by atoms with E-state index < -0.39 is 10.6 Å². The van der Waals surface area contributed by atoms with Crippen LogP contribution in [0.25, 0.3) is 0 Å². The van der Waals surface area contributed by atoms with Gasteiger partial charge in [0.05, 0.1) is 6.20 Å². The van der Waals surface area contributed by atoms with Crippen molar-refractivity contribution in [2.45, 2.75) is 33.7 Å². The topological polar surface area (TPSA) is 83.9 Å². The number of fused-ring (bicyclic) bond motifs is 1. The van der Waals surface area contributed by atoms with Crippen molar-refractivity contribution < 1.29 is 19.3 Å². The van der Waals surface area contributed by atoms with Crippen molar-refractivity contribution in [3.8, 4) is 0 Å². The predicted molar refractivity (Wildman–Crippen MR) is 109 cm³/mol. The van der Waals surface area contributed by atoms with Crippen molar-refractivity contribution in [3.63, 3.8) is 0 Å². The minimum Gasteiger partial charge on any atom is -0.620 e. The maximum absolute atomic E-state index is 13.2. The number of nitrogens with zero attached hydrogens (tertiary/aromatic N) is 3. The van der Waals surface area contributed by atoms with Gasteiger partial charge in [0.1, 0.15) is 18.5 Å². The van der Waals surface area contributed by atoms with E-state index in [0.717, 1.165) is 0 Å². The molecule has 1 N–H and O–H groups in total. The van der Waals surface area contributed by atoms with Crippen LogP contribution in [0.2, 0.25) is 5.02 Å². The molecule has 0 bridgehead atoms. The highest BCUT2D eigenvalue weighted by Gasteiger charge is 2.40. The molecule has 0 radical (unpaired) electrons. The lowest BCUT2D eigenvalue weighted by molar-refractivity contribution is -0.764. The Labute approximate surface area is 174 Å². The van der Waals surface area contributed by atoms with Gasteiger partial charge in [0.25, 0.3) is 0 Å². The number of hydrogen-bond acceptors (Lipinski definition) is 5. The number of carbonyl (C=O) groups excluding carboxylic acids is 2. The van der Waals surface area contributed by atoms with Crippen LogP contribution in [0.1, 0.15) is 32.8 Å². The highest BCUT2D eigenvalue weighted by Crippen LogP contribution is 2.34. The molecule has 1 aromatic rings. The Morgan fingerprint density at radius 2 is 2.14 bits per heavy atom. The minimum absolute atomic E-state index is 0.00881. The van der Waals surface area contributed by atoms with E-state index in [2.05, 4.69) is 0 Å². The van der Waals surface area contributed by atoms with Crippen LogP contribution in [0.4, 0.5) is 0 Å². The fourth-order valence-corrected chi connectivity index (χ4v) is 3.68. The van der Waals surface area contributed by atoms with E-state index in [4.69, 9.17) is 11.6 Å². The van der Waals surface area contributed by atoms with Crippen molar-refractivity contribution >= 4 is 23.4 Å². The number of hydroxylamine groups is 3. The first-order valence-electron chi connectivity index (χ1n) is 9.37. The Morgan fingerprint density at radius 3 is 2.76 bits per heavy atom. The molecule has 0 saturated carbocycles. The summed E-state index contributed by atoms with van der Waals surface area (Å²) in [5.74, 6) is -0.910. The first kappa shape index (κ1) is 21.1. The van der Waals surface area contributed by atoms with E-state index in [0.29, 0.717) is 22.8 Å². The Hall–Kier alpha value is -2.61. The van der Waals surface area contributed by atoms with E-state index >= 15 is 0 Å². The Bertz CT molecular complexity index is 938. The lowest BCUT2D eigenvalue weighted by atomic mass is 10.1. The van der Waals surface area contributed by atoms with Crippen LogP contribution >= 0.6 is 11.6 Å². The second-order valence-electron chi connectivity index (χ2n) is 7.71. The Morgan fingerprint density at radius 1 is 1.41 bits per heavy atom. The summed E-state index contributed by atoms with van der Waals surface area (Å²) in [6.07, 6.45) is 4.32. The molecule has 1 aromatic carbocycles. The third kappa shape index (κ3) is 4.37. The number of hydrogen-bond donors (Lipinski definition) is 1. The predicted octanol–water partition coefficient (Wildman–Crippen LogP) is 3.99. The molecule has 0 fully saturated rings. The number of benzene rings is 1. The zero-order valence-corrected chi connectivity index (χ0v) is 17.4. The van der Waals surface area contributed by atoms with Gasteiger partial charge in [0.2, 0.25) is 5.91 Å². The molecule has 0 spiro atoms. The third-order valence-corrected chi connectivity index (χ3v) is 5.00. The average Bonchev–Trinajstić information content (AvgIpc) is 2.62. The van der Waals surface area contributed by atoms with E-state index in [9.17, 15) is 19.9 Å². The van der Waals surface area contributed by atoms with Gasteiger partial charge in [-0.05, 0) is 18.1 Å². The Balaban J connectivity index is 1.92. The smallest absolute Gasteiger partial charge is 0.371 e. The van der Waals surface area contributed by atoms with Crippen LogP contribution in [0, 0.1) is 11.1 Å². The van der Waals surface area contributed by atoms with Crippen LogP contribution < -0.4 is 0 Å². The number of rotatable bonds is 5. The minimum atomic E-state index is -1.26. The van der Waals surface area contributed by atoms with Gasteiger partial charge in [0, 0.05) is 42.4 Å². The molecule has 154 valence electrons. The van der Waals surface area contributed by atoms with Gasteiger partial charge >= 0.3 is 5.91 Å². The number of carbonyl (C=O) groups is 2. The lowest BCUT2D eigenvalue weighted by Crippen LogP contribution is -2.49. The molecule has 0 aromatic heterocycles. The second kappa shape index (κ2) is 8.02. The normalized spacial score (nSPS) is 21.4. The molecule has 2 amide bonds. The van der Waals surface area contributed by atoms with Crippen molar-refractivity contribution in [1.82, 2.24) is 9.80 Å². The molecule has 8 heteroatoms. The molecular weight excluding hydrogens is 394 g/mol. The first-order chi connectivity index (χ1) is 13.6. The van der Waals surface area contributed by atoms with E-state index in [1.165, 1.54) is 24.2 Å². The molecule has 29 heavy (non-hydrogen) atoms. The molecule has 7 nitrogen and oxygen atoms in total. The molecule has 1 unspecified atom stereocenters. The second-order valence-corrected chi connectivity index (χ2v) is 8.15. The first-order valence-corrected chi connectivity index (χ1v) is 9.75. The summed E-state index contributed by atoms with van der Waals surface area (Å²) in [5.41, 5.74) is 1.12. The number of aliphatic hydroxyl groups is 1. The summed E-state index contributed by atoms with van der Waals surface area (Å²) in [7, 11) is 0. The van der Waals surface area contributed by atoms with Crippen molar-refractivity contribution in [2.75, 3.05) is 6.54 Å². The summed E-state index contributed by atoms with van der Waals surface area (Å²) in [6, 6.07) is 6.76. The van der Waals surface area contributed by atoms with Crippen LogP contribution in [0.3, 0.4) is 0 Å². The fourth-order valence-electron chi connectivity index (χ4n) is 3.46. The SMILES string of the molecule is CC(=O)N(CC(C)C)C1=CN2C=C[N+]([O-])(Cc3cccc(Cl)c3)C(=O)C2=C(O)C1. The summed E-state index contributed by atoms with van der Waals surface area (Å²) in [6.45, 7) is 5.80. The zero-order valence-electron chi connectivity index (χ0n) is 16.6. The lowest BCUT2D eigenvalue weighted by Gasteiger charge is -2.42. The van der Waals surface area contributed by atoms with E-state index in [1.54, 1.807) is 35.4 Å². The molecule has 2 heterocycles. The molecule has 2 aliphatic rings. The van der Waals surface area contributed by atoms with Gasteiger partial charge in [-0.15, -0.1) is 0 Å². The van der Waals surface area contributed by atoms with Gasteiger partial charge in [-0.25, -0.2) is 4.79 Å². The van der Waals surface area contributed by atoms with Gasteiger partial charge in [-0.2, -0.15) is 0 Å². The number of aliphatic hydroxyl groups excluding tert-OH is 1. The zero-order chi connectivity index (χ0) is 21.3. The van der Waals surface area contributed by atoms with Crippen molar-refractivity contribution in [2.24, 2.45) is 5.92 Å². The maximum Gasteiger partial charge on any atom is 0.371 e. The molecule has 3 rings (SSSR count). The molecular formula is C21H24ClN3O4. The molecule has 1 atom stereocenters. The number of quaternary nitrogens is 1. The van der Waals surface area contributed by atoms with E-state index in [1.807, 2.05) is 13.8 Å². The van der Waals surface area contributed by atoms with Gasteiger partial charge in [-0.1, -0.05) is 37.6 Å². The van der Waals surface area contributed by atoms with Crippen molar-refractivity contribution in [3.05, 3.63) is 75.8 Å². The summed E-state index contributed by atoms with van der Waals surface area (Å²) < 4.78 is -1.26. The van der Waals surface area contributed by atoms with Crippen LogP contribution in [-0.4, -0.2) is 37.9 Å². The molecule has 0 aliphatic carbocycles. The largest absolute Gasteiger partial charge is 0.620 e. The Kier molecular flexibility index (Phi) is 5.84. The van der Waals surface area contributed by atoms with E-state index in [-0.39, 0.29) is 36.2 Å².